The van der Waals surface area contributed by atoms with Crippen molar-refractivity contribution in [2.45, 2.75) is 0 Å². The number of pyridine rings is 1. The average Bonchev–Trinajstić information content (AvgIpc) is 1.57. The molecule has 116 heavy (non-hydrogen) atoms. The molecule has 0 fully saturated rings. The summed E-state index contributed by atoms with van der Waals surface area (Å²) in [7, 11) is 0. The molecule has 6 aromatic heterocycles. The van der Waals surface area contributed by atoms with Gasteiger partial charge in [-0.15, -0.1) is 0 Å². The van der Waals surface area contributed by atoms with E-state index >= 15 is 0 Å². The lowest BCUT2D eigenvalue weighted by Crippen LogP contribution is -1.97. The van der Waals surface area contributed by atoms with Gasteiger partial charge in [0.05, 0.1) is 66.9 Å². The molecule has 0 aliphatic rings. The van der Waals surface area contributed by atoms with Crippen LogP contribution in [0, 0.1) is 0 Å². The zero-order valence-corrected chi connectivity index (χ0v) is 63.1. The van der Waals surface area contributed by atoms with Gasteiger partial charge in [0.1, 0.15) is 0 Å². The molecule has 17 aromatic carbocycles. The van der Waals surface area contributed by atoms with Crippen molar-refractivity contribution in [1.29, 1.82) is 0 Å². The monoisotopic (exact) mass is 1480 g/mol. The van der Waals surface area contributed by atoms with Gasteiger partial charge in [0.25, 0.3) is 0 Å². The van der Waals surface area contributed by atoms with Crippen LogP contribution in [-0.4, -0.2) is 33.2 Å². The smallest absolute Gasteiger partial charge is 0.160 e. The first kappa shape index (κ1) is 67.3. The van der Waals surface area contributed by atoms with Crippen LogP contribution in [-0.2, 0) is 0 Å². The number of fused-ring (bicyclic) bond motifs is 13. The van der Waals surface area contributed by atoms with Crippen molar-refractivity contribution in [3.8, 4) is 113 Å². The highest BCUT2D eigenvalue weighted by Gasteiger charge is 2.23. The minimum atomic E-state index is 0.706. The van der Waals surface area contributed by atoms with Gasteiger partial charge in [-0.1, -0.05) is 303 Å². The second-order valence-electron chi connectivity index (χ2n) is 29.8. The van der Waals surface area contributed by atoms with Gasteiger partial charge in [-0.3, -0.25) is 0 Å². The van der Waals surface area contributed by atoms with Gasteiger partial charge in [0, 0.05) is 93.7 Å². The van der Waals surface area contributed by atoms with Crippen molar-refractivity contribution in [2.75, 3.05) is 0 Å². The molecule has 6 heterocycles. The maximum absolute atomic E-state index is 5.16. The van der Waals surface area contributed by atoms with Crippen LogP contribution in [0.25, 0.3) is 211 Å². The van der Waals surface area contributed by atoms with Gasteiger partial charge < -0.3 is 18.3 Å². The number of nitrogens with zero attached hydrogens (tertiary/aromatic N) is 7. The van der Waals surface area contributed by atoms with Gasteiger partial charge in [-0.25, -0.2) is 15.0 Å². The van der Waals surface area contributed by atoms with Crippen LogP contribution in [0.3, 0.4) is 0 Å². The minimum Gasteiger partial charge on any atom is -0.309 e. The third-order valence-corrected chi connectivity index (χ3v) is 23.0. The van der Waals surface area contributed by atoms with E-state index in [4.69, 9.17) is 15.0 Å². The molecule has 7 nitrogen and oxygen atoms in total. The SMILES string of the molecule is c1ccc(-c2cc(-c3cccc(-n4c5ccccc5c5c(-c6ccc7c(c6)c6ccccc6n7-c6ccccc6)cccc54)c3)cc(-c3ccccc3)n2)cc1.c1ccc(-c2nc(-c3ccc(-n4c5ccccc5c5c(-c6ccc7c(c6)c6ccccc6n7-c6ccccc6)cccc54)cc3)cc(-c3cccc4ccccc34)n2)cc1. The molecule has 542 valence electrons. The van der Waals surface area contributed by atoms with Gasteiger partial charge in [-0.2, -0.15) is 0 Å². The van der Waals surface area contributed by atoms with E-state index in [1.807, 2.05) is 18.2 Å². The van der Waals surface area contributed by atoms with Crippen molar-refractivity contribution in [2.24, 2.45) is 0 Å². The molecule has 0 N–H and O–H groups in total. The Morgan fingerprint density at radius 2 is 0.491 bits per heavy atom. The lowest BCUT2D eigenvalue weighted by molar-refractivity contribution is 1.17. The zero-order valence-electron chi connectivity index (χ0n) is 63.1. The summed E-state index contributed by atoms with van der Waals surface area (Å²) < 4.78 is 9.57. The number of aromatic nitrogens is 7. The Hall–Kier alpha value is -15.6. The Morgan fingerprint density at radius 3 is 1.03 bits per heavy atom. The standard InChI is InChI=1S/C56H36N4.C53H35N3/c1-3-16-39(17-4-1)56-57-49(36-50(58-56)45-25-13-18-37-15-7-8-21-43(37)45)38-29-32-42(33-30-38)60-52-27-12-10-23-47(52)55-44(24-14-28-54(55)60)40-31-34-53-48(35-40)46-22-9-11-26-51(46)59(53)41-19-5-2-6-20-41;1-4-16-36(17-5-1)47-34-40(35-48(54-47)37-18-6-2-7-19-37)38-20-14-23-42(32-38)56-50-28-13-11-25-45(50)53-43(26-15-29-52(53)56)39-30-31-51-46(33-39)44-24-10-12-27-49(44)55(51)41-21-8-3-9-22-41/h1-36H;1-35H. The number of para-hydroxylation sites is 6. The molecule has 0 amide bonds. The summed E-state index contributed by atoms with van der Waals surface area (Å²) >= 11 is 0. The topological polar surface area (TPSA) is 58.4 Å². The van der Waals surface area contributed by atoms with Crippen molar-refractivity contribution in [3.05, 3.63) is 431 Å². The lowest BCUT2D eigenvalue weighted by atomic mass is 9.98. The quantitative estimate of drug-likeness (QED) is 0.122. The number of rotatable bonds is 12. The highest BCUT2D eigenvalue weighted by atomic mass is 15.0. The third-order valence-electron chi connectivity index (χ3n) is 23.0. The van der Waals surface area contributed by atoms with E-state index in [2.05, 4.69) is 431 Å². The van der Waals surface area contributed by atoms with E-state index in [9.17, 15) is 0 Å². The highest BCUT2D eigenvalue weighted by Crippen LogP contribution is 2.45. The Kier molecular flexibility index (Phi) is 16.4. The number of hydrogen-bond donors (Lipinski definition) is 0. The summed E-state index contributed by atoms with van der Waals surface area (Å²) in [5.74, 6) is 0.706. The molecule has 23 aromatic rings. The molecule has 0 radical (unpaired) electrons. The number of benzene rings is 17. The summed E-state index contributed by atoms with van der Waals surface area (Å²) in [6, 6.07) is 154. The fraction of sp³-hybridized carbons (Fsp3) is 0. The first-order valence-corrected chi connectivity index (χ1v) is 39.5. The van der Waals surface area contributed by atoms with Gasteiger partial charge >= 0.3 is 0 Å². The molecule has 0 spiro atoms. The van der Waals surface area contributed by atoms with Crippen molar-refractivity contribution >= 4 is 98.0 Å². The van der Waals surface area contributed by atoms with E-state index in [0.29, 0.717) is 5.82 Å². The molecular formula is C109H71N7. The third kappa shape index (κ3) is 11.6. The molecule has 7 heteroatoms. The first-order valence-electron chi connectivity index (χ1n) is 39.5. The molecule has 0 aliphatic heterocycles. The summed E-state index contributed by atoms with van der Waals surface area (Å²) in [5, 5.41) is 12.3. The van der Waals surface area contributed by atoms with Crippen LogP contribution in [0.1, 0.15) is 0 Å². The van der Waals surface area contributed by atoms with Crippen molar-refractivity contribution in [3.63, 3.8) is 0 Å². The van der Waals surface area contributed by atoms with Crippen LogP contribution in [0.5, 0.6) is 0 Å². The summed E-state index contributed by atoms with van der Waals surface area (Å²) in [5.41, 5.74) is 30.2. The molecule has 0 saturated heterocycles. The summed E-state index contributed by atoms with van der Waals surface area (Å²) in [4.78, 5) is 15.4. The summed E-state index contributed by atoms with van der Waals surface area (Å²) in [6.45, 7) is 0. The fourth-order valence-corrected chi connectivity index (χ4v) is 17.8. The van der Waals surface area contributed by atoms with E-state index < -0.39 is 0 Å². The van der Waals surface area contributed by atoms with Gasteiger partial charge in [-0.05, 0) is 172 Å². The molecule has 0 atom stereocenters. The number of hydrogen-bond acceptors (Lipinski definition) is 3. The maximum atomic E-state index is 5.16. The zero-order chi connectivity index (χ0) is 76.6. The lowest BCUT2D eigenvalue weighted by Gasteiger charge is -2.13. The molecule has 0 unspecified atom stereocenters. The maximum Gasteiger partial charge on any atom is 0.160 e. The van der Waals surface area contributed by atoms with Crippen LogP contribution in [0.4, 0.5) is 0 Å². The fourth-order valence-electron chi connectivity index (χ4n) is 17.8. The Labute approximate surface area is 670 Å². The minimum absolute atomic E-state index is 0.706. The summed E-state index contributed by atoms with van der Waals surface area (Å²) in [6.07, 6.45) is 0. The predicted octanol–water partition coefficient (Wildman–Crippen LogP) is 28.4. The van der Waals surface area contributed by atoms with Gasteiger partial charge in [0.15, 0.2) is 5.82 Å². The first-order chi connectivity index (χ1) is 57.5. The molecule has 23 rings (SSSR count). The molecular weight excluding hydrogens is 1410 g/mol. The van der Waals surface area contributed by atoms with E-state index in [1.54, 1.807) is 0 Å². The van der Waals surface area contributed by atoms with Crippen LogP contribution in [0.2, 0.25) is 0 Å². The molecule has 0 aliphatic carbocycles. The van der Waals surface area contributed by atoms with E-state index in [1.165, 1.54) is 120 Å². The average molecular weight is 1480 g/mol. The predicted molar refractivity (Wildman–Crippen MR) is 485 cm³/mol. The van der Waals surface area contributed by atoms with Crippen LogP contribution >= 0.6 is 0 Å². The van der Waals surface area contributed by atoms with E-state index in [-0.39, 0.29) is 0 Å². The van der Waals surface area contributed by atoms with E-state index in [0.717, 1.165) is 84.5 Å². The molecule has 0 saturated carbocycles. The largest absolute Gasteiger partial charge is 0.309 e. The Balaban J connectivity index is 0.000000141. The molecule has 0 bridgehead atoms. The van der Waals surface area contributed by atoms with Gasteiger partial charge in [0.2, 0.25) is 0 Å². The van der Waals surface area contributed by atoms with Crippen molar-refractivity contribution < 1.29 is 0 Å². The highest BCUT2D eigenvalue weighted by molar-refractivity contribution is 6.19. The Bertz CT molecular complexity index is 7670. The Morgan fingerprint density at radius 1 is 0.155 bits per heavy atom. The second-order valence-corrected chi connectivity index (χ2v) is 29.8. The van der Waals surface area contributed by atoms with Crippen LogP contribution in [0.15, 0.2) is 431 Å². The second kappa shape index (κ2) is 28.3. The van der Waals surface area contributed by atoms with Crippen LogP contribution < -0.4 is 0 Å². The normalized spacial score (nSPS) is 11.6. The van der Waals surface area contributed by atoms with Crippen molar-refractivity contribution in [1.82, 2.24) is 33.2 Å².